The first kappa shape index (κ1) is 19.9. The first-order chi connectivity index (χ1) is 10.5. The molecule has 0 aromatic rings. The van der Waals surface area contributed by atoms with Gasteiger partial charge in [0.2, 0.25) is 0 Å². The van der Waals surface area contributed by atoms with E-state index >= 15 is 0 Å². The Kier molecular flexibility index (Phi) is 6.59. The van der Waals surface area contributed by atoms with Gasteiger partial charge < -0.3 is 15.6 Å². The lowest BCUT2D eigenvalue weighted by Crippen LogP contribution is -2.47. The summed E-state index contributed by atoms with van der Waals surface area (Å²) in [6.45, 7) is 10.9. The maximum absolute atomic E-state index is 11.6. The van der Waals surface area contributed by atoms with Gasteiger partial charge in [-0.15, -0.1) is 0 Å². The lowest BCUT2D eigenvalue weighted by atomic mass is 9.74. The predicted octanol–water partition coefficient (Wildman–Crippen LogP) is 2.67. The van der Waals surface area contributed by atoms with E-state index < -0.39 is 20.4 Å². The number of carbonyl (C=O) groups excluding carboxylic acids is 1. The van der Waals surface area contributed by atoms with E-state index in [1.165, 1.54) is 13.3 Å². The minimum absolute atomic E-state index is 0.0572. The quantitative estimate of drug-likeness (QED) is 0.337. The number of nitrogens with zero attached hydrogens (tertiary/aromatic N) is 1. The standard InChI is InChI=1S/C17H31N2O3Si/c1-12(14(11-18)15(20)22-5)19-13-9-17(21,10-13)7-8-23(6)16(2,3)4/h11,13,21H,7-10,18H2,1-6H3. The van der Waals surface area contributed by atoms with Crippen molar-refractivity contribution in [3.63, 3.8) is 0 Å². The van der Waals surface area contributed by atoms with E-state index in [1.54, 1.807) is 6.92 Å². The number of nitrogens with two attached hydrogens (primary N) is 1. The fraction of sp³-hybridized carbons (Fsp3) is 0.765. The van der Waals surface area contributed by atoms with Crippen LogP contribution in [0.3, 0.4) is 0 Å². The van der Waals surface area contributed by atoms with Crippen LogP contribution in [0.5, 0.6) is 0 Å². The number of aliphatic hydroxyl groups is 1. The van der Waals surface area contributed by atoms with Gasteiger partial charge in [0.25, 0.3) is 0 Å². The normalized spacial score (nSPS) is 26.2. The van der Waals surface area contributed by atoms with Crippen molar-refractivity contribution in [3.05, 3.63) is 11.8 Å². The van der Waals surface area contributed by atoms with E-state index in [9.17, 15) is 9.90 Å². The molecule has 5 nitrogen and oxygen atoms in total. The Morgan fingerprint density at radius 2 is 2.04 bits per heavy atom. The molecule has 0 atom stereocenters. The summed E-state index contributed by atoms with van der Waals surface area (Å²) >= 11 is 0. The molecule has 0 aromatic heterocycles. The van der Waals surface area contributed by atoms with Gasteiger partial charge >= 0.3 is 5.97 Å². The molecule has 0 spiro atoms. The van der Waals surface area contributed by atoms with Crippen molar-refractivity contribution in [2.75, 3.05) is 7.11 Å². The van der Waals surface area contributed by atoms with Crippen LogP contribution in [0.1, 0.15) is 47.0 Å². The molecular formula is C17H31N2O3Si. The van der Waals surface area contributed by atoms with Crippen molar-refractivity contribution in [2.24, 2.45) is 10.7 Å². The molecule has 1 radical (unpaired) electrons. The van der Waals surface area contributed by atoms with Crippen molar-refractivity contribution < 1.29 is 14.6 Å². The second-order valence-electron chi connectivity index (χ2n) is 7.60. The summed E-state index contributed by atoms with van der Waals surface area (Å²) in [5, 5.41) is 10.9. The van der Waals surface area contributed by atoms with Gasteiger partial charge in [-0.1, -0.05) is 33.4 Å². The highest BCUT2D eigenvalue weighted by Crippen LogP contribution is 2.41. The SMILES string of the molecule is COC(=O)C(=CN)C(C)=NC1CC(O)(CC[Si](C)C(C)(C)C)C1. The molecular weight excluding hydrogens is 308 g/mol. The molecule has 0 bridgehead atoms. The van der Waals surface area contributed by atoms with Gasteiger partial charge in [-0.25, -0.2) is 4.79 Å². The number of hydrogen-bond donors (Lipinski definition) is 2. The van der Waals surface area contributed by atoms with Crippen molar-refractivity contribution in [1.29, 1.82) is 0 Å². The van der Waals surface area contributed by atoms with E-state index in [2.05, 4.69) is 37.0 Å². The number of ether oxygens (including phenoxy) is 1. The van der Waals surface area contributed by atoms with Crippen LogP contribution in [-0.2, 0) is 9.53 Å². The van der Waals surface area contributed by atoms with E-state index in [1.807, 2.05) is 0 Å². The highest BCUT2D eigenvalue weighted by atomic mass is 28.3. The summed E-state index contributed by atoms with van der Waals surface area (Å²) in [6.07, 6.45) is 3.38. The van der Waals surface area contributed by atoms with E-state index in [-0.39, 0.29) is 11.6 Å². The second kappa shape index (κ2) is 7.62. The molecule has 131 valence electrons. The van der Waals surface area contributed by atoms with Crippen LogP contribution in [0.25, 0.3) is 0 Å². The largest absolute Gasteiger partial charge is 0.465 e. The van der Waals surface area contributed by atoms with Gasteiger partial charge in [0, 0.05) is 11.9 Å². The first-order valence-electron chi connectivity index (χ1n) is 8.12. The molecule has 6 heteroatoms. The van der Waals surface area contributed by atoms with Crippen LogP contribution in [0.2, 0.25) is 17.6 Å². The maximum atomic E-state index is 11.6. The monoisotopic (exact) mass is 339 g/mol. The second-order valence-corrected chi connectivity index (χ2v) is 11.2. The molecule has 0 amide bonds. The third-order valence-electron chi connectivity index (χ3n) is 4.81. The predicted molar refractivity (Wildman–Crippen MR) is 96.1 cm³/mol. The Morgan fingerprint density at radius 1 is 1.48 bits per heavy atom. The van der Waals surface area contributed by atoms with Crippen molar-refractivity contribution >= 4 is 20.5 Å². The van der Waals surface area contributed by atoms with Crippen LogP contribution in [0.15, 0.2) is 16.8 Å². The van der Waals surface area contributed by atoms with Crippen LogP contribution in [0.4, 0.5) is 0 Å². The molecule has 0 unspecified atom stereocenters. The van der Waals surface area contributed by atoms with E-state index in [0.29, 0.717) is 23.6 Å². The van der Waals surface area contributed by atoms with Gasteiger partial charge in [-0.05, 0) is 31.2 Å². The Balaban J connectivity index is 2.55. The molecule has 1 fully saturated rings. The van der Waals surface area contributed by atoms with Gasteiger partial charge in [-0.3, -0.25) is 4.99 Å². The lowest BCUT2D eigenvalue weighted by Gasteiger charge is -2.43. The first-order valence-corrected chi connectivity index (χ1v) is 10.3. The highest BCUT2D eigenvalue weighted by molar-refractivity contribution is 6.60. The third kappa shape index (κ3) is 5.46. The molecule has 1 rings (SSSR count). The molecule has 3 N–H and O–H groups in total. The number of aliphatic imine (C=N–C) groups is 1. The van der Waals surface area contributed by atoms with Crippen LogP contribution in [-0.4, -0.2) is 44.3 Å². The zero-order valence-corrected chi connectivity index (χ0v) is 16.3. The van der Waals surface area contributed by atoms with Crippen molar-refractivity contribution in [2.45, 2.75) is 76.2 Å². The summed E-state index contributed by atoms with van der Waals surface area (Å²) in [5.74, 6) is -0.480. The minimum atomic E-state index is -0.594. The Morgan fingerprint density at radius 3 is 2.48 bits per heavy atom. The van der Waals surface area contributed by atoms with Gasteiger partial charge in [0.15, 0.2) is 0 Å². The summed E-state index contributed by atoms with van der Waals surface area (Å²) in [7, 11) is 0.852. The van der Waals surface area contributed by atoms with Crippen LogP contribution in [0, 0.1) is 0 Å². The maximum Gasteiger partial charge on any atom is 0.341 e. The fourth-order valence-electron chi connectivity index (χ4n) is 2.70. The third-order valence-corrected chi connectivity index (χ3v) is 8.38. The average molecular weight is 340 g/mol. The lowest BCUT2D eigenvalue weighted by molar-refractivity contribution is -0.135. The highest BCUT2D eigenvalue weighted by Gasteiger charge is 2.43. The summed E-state index contributed by atoms with van der Waals surface area (Å²) in [4.78, 5) is 16.1. The smallest absolute Gasteiger partial charge is 0.341 e. The molecule has 1 aliphatic carbocycles. The number of rotatable bonds is 6. The number of methoxy groups -OCH3 is 1. The Bertz CT molecular complexity index is 489. The number of carbonyl (C=O) groups is 1. The minimum Gasteiger partial charge on any atom is -0.465 e. The van der Waals surface area contributed by atoms with Crippen LogP contribution >= 0.6 is 0 Å². The summed E-state index contributed by atoms with van der Waals surface area (Å²) < 4.78 is 4.68. The van der Waals surface area contributed by atoms with E-state index in [4.69, 9.17) is 5.73 Å². The topological polar surface area (TPSA) is 84.9 Å². The van der Waals surface area contributed by atoms with Gasteiger partial charge in [-0.2, -0.15) is 0 Å². The summed E-state index contributed by atoms with van der Waals surface area (Å²) in [6, 6.07) is 1.16. The molecule has 0 saturated heterocycles. The molecule has 1 aliphatic rings. The van der Waals surface area contributed by atoms with Crippen molar-refractivity contribution in [1.82, 2.24) is 0 Å². The molecule has 23 heavy (non-hydrogen) atoms. The Labute approximate surface area is 141 Å². The van der Waals surface area contributed by atoms with Gasteiger partial charge in [0.1, 0.15) is 0 Å². The zero-order chi connectivity index (χ0) is 17.8. The summed E-state index contributed by atoms with van der Waals surface area (Å²) in [5.41, 5.74) is 5.73. The Hall–Kier alpha value is -1.14. The van der Waals surface area contributed by atoms with Gasteiger partial charge in [0.05, 0.1) is 33.1 Å². The number of hydrogen-bond acceptors (Lipinski definition) is 5. The zero-order valence-electron chi connectivity index (χ0n) is 15.3. The average Bonchev–Trinajstić information content (AvgIpc) is 2.42. The molecule has 0 aliphatic heterocycles. The van der Waals surface area contributed by atoms with E-state index in [0.717, 1.165) is 12.5 Å². The molecule has 0 aromatic carbocycles. The van der Waals surface area contributed by atoms with Crippen LogP contribution < -0.4 is 5.73 Å². The molecule has 0 heterocycles. The molecule has 1 saturated carbocycles. The fourth-order valence-corrected chi connectivity index (χ4v) is 4.29. The van der Waals surface area contributed by atoms with Crippen molar-refractivity contribution in [3.8, 4) is 0 Å². The number of esters is 1.